The summed E-state index contributed by atoms with van der Waals surface area (Å²) in [6, 6.07) is 16.0. The highest BCUT2D eigenvalue weighted by molar-refractivity contribution is 5.88. The summed E-state index contributed by atoms with van der Waals surface area (Å²) in [6.45, 7) is 1.10. The standard InChI is InChI=1S/C20H19N5O2.C2HF3O2/c21-15-8-4-10-25-17(15)11-16(23-25)20-22-19(24-27-20)12-26-18-9-3-6-13-5-1-2-7-14(13)18;3-2(4,5)1(6)7/h1-3,5-7,9,11,15H,4,8,10,12,21H2;(H,6,7). The van der Waals surface area contributed by atoms with Gasteiger partial charge in [-0.3, -0.25) is 4.68 Å². The van der Waals surface area contributed by atoms with E-state index in [2.05, 4.69) is 27.4 Å². The van der Waals surface area contributed by atoms with Crippen LogP contribution in [0.25, 0.3) is 22.4 Å². The molecule has 5 rings (SSSR count). The number of aliphatic carboxylic acids is 1. The average Bonchev–Trinajstić information content (AvgIpc) is 3.45. The first-order chi connectivity index (χ1) is 16.2. The number of aryl methyl sites for hydroxylation is 1. The smallest absolute Gasteiger partial charge is 0.485 e. The zero-order valence-corrected chi connectivity index (χ0v) is 17.7. The number of halogens is 3. The highest BCUT2D eigenvalue weighted by atomic mass is 19.4. The third-order valence-corrected chi connectivity index (χ3v) is 5.11. The molecule has 0 spiro atoms. The Bertz CT molecular complexity index is 1300. The fourth-order valence-electron chi connectivity index (χ4n) is 3.50. The Labute approximate surface area is 190 Å². The Morgan fingerprint density at radius 1 is 1.24 bits per heavy atom. The number of rotatable bonds is 4. The lowest BCUT2D eigenvalue weighted by Crippen LogP contribution is -2.21. The zero-order valence-electron chi connectivity index (χ0n) is 17.7. The van der Waals surface area contributed by atoms with Crippen LogP contribution < -0.4 is 10.5 Å². The summed E-state index contributed by atoms with van der Waals surface area (Å²) in [5.74, 6) is -1.09. The summed E-state index contributed by atoms with van der Waals surface area (Å²) in [7, 11) is 0. The Kier molecular flexibility index (Phi) is 6.50. The van der Waals surface area contributed by atoms with Crippen molar-refractivity contribution in [2.24, 2.45) is 5.73 Å². The van der Waals surface area contributed by atoms with Crippen molar-refractivity contribution in [2.45, 2.75) is 38.2 Å². The van der Waals surface area contributed by atoms with Crippen LogP contribution >= 0.6 is 0 Å². The lowest BCUT2D eigenvalue weighted by Gasteiger charge is -2.19. The molecular weight excluding hydrogens is 455 g/mol. The molecule has 1 aliphatic rings. The van der Waals surface area contributed by atoms with Gasteiger partial charge in [0.1, 0.15) is 5.75 Å². The molecule has 0 radical (unpaired) electrons. The van der Waals surface area contributed by atoms with Crippen LogP contribution in [-0.4, -0.2) is 37.2 Å². The van der Waals surface area contributed by atoms with E-state index in [0.717, 1.165) is 41.6 Å². The van der Waals surface area contributed by atoms with Crippen LogP contribution in [0, 0.1) is 0 Å². The normalized spacial score (nSPS) is 15.4. The maximum atomic E-state index is 10.6. The van der Waals surface area contributed by atoms with Gasteiger partial charge in [-0.05, 0) is 30.4 Å². The first kappa shape index (κ1) is 23.2. The Morgan fingerprint density at radius 2 is 1.97 bits per heavy atom. The Balaban J connectivity index is 0.000000344. The number of alkyl halides is 3. The summed E-state index contributed by atoms with van der Waals surface area (Å²) in [4.78, 5) is 13.3. The molecular formula is C22H20F3N5O4. The Morgan fingerprint density at radius 3 is 2.71 bits per heavy atom. The van der Waals surface area contributed by atoms with Gasteiger partial charge in [0, 0.05) is 18.0 Å². The van der Waals surface area contributed by atoms with Gasteiger partial charge in [-0.2, -0.15) is 23.3 Å². The van der Waals surface area contributed by atoms with Gasteiger partial charge in [-0.15, -0.1) is 0 Å². The number of ether oxygens (including phenoxy) is 1. The molecule has 2 aromatic carbocycles. The number of carbonyl (C=O) groups is 1. The van der Waals surface area contributed by atoms with Crippen molar-refractivity contribution in [1.82, 2.24) is 19.9 Å². The number of aromatic nitrogens is 4. The molecule has 1 unspecified atom stereocenters. The molecule has 0 bridgehead atoms. The molecule has 178 valence electrons. The third kappa shape index (κ3) is 5.17. The molecule has 1 atom stereocenters. The van der Waals surface area contributed by atoms with Gasteiger partial charge in [-0.25, -0.2) is 4.79 Å². The van der Waals surface area contributed by atoms with Gasteiger partial charge < -0.3 is 20.1 Å². The number of nitrogens with zero attached hydrogens (tertiary/aromatic N) is 4. The van der Waals surface area contributed by atoms with E-state index in [-0.39, 0.29) is 12.6 Å². The van der Waals surface area contributed by atoms with Gasteiger partial charge in [0.15, 0.2) is 12.3 Å². The van der Waals surface area contributed by atoms with Crippen molar-refractivity contribution in [3.8, 4) is 17.3 Å². The van der Waals surface area contributed by atoms with Gasteiger partial charge in [0.2, 0.25) is 5.82 Å². The van der Waals surface area contributed by atoms with Crippen LogP contribution in [0.15, 0.2) is 53.1 Å². The van der Waals surface area contributed by atoms with Crippen LogP contribution in [0.4, 0.5) is 13.2 Å². The largest absolute Gasteiger partial charge is 0.490 e. The van der Waals surface area contributed by atoms with Crippen molar-refractivity contribution >= 4 is 16.7 Å². The van der Waals surface area contributed by atoms with E-state index >= 15 is 0 Å². The second-order valence-electron chi connectivity index (χ2n) is 7.51. The molecule has 3 heterocycles. The van der Waals surface area contributed by atoms with E-state index in [1.807, 2.05) is 41.1 Å². The van der Waals surface area contributed by atoms with E-state index in [4.69, 9.17) is 24.9 Å². The predicted molar refractivity (Wildman–Crippen MR) is 114 cm³/mol. The summed E-state index contributed by atoms with van der Waals surface area (Å²) in [5.41, 5.74) is 7.83. The fraction of sp³-hybridized carbons (Fsp3) is 0.273. The first-order valence-corrected chi connectivity index (χ1v) is 10.3. The molecule has 0 saturated carbocycles. The van der Waals surface area contributed by atoms with Gasteiger partial charge in [0.25, 0.3) is 5.89 Å². The quantitative estimate of drug-likeness (QED) is 0.452. The van der Waals surface area contributed by atoms with Crippen LogP contribution in [-0.2, 0) is 17.9 Å². The molecule has 12 heteroatoms. The topological polar surface area (TPSA) is 129 Å². The fourth-order valence-corrected chi connectivity index (χ4v) is 3.50. The molecule has 2 aromatic heterocycles. The Hall–Kier alpha value is -3.93. The summed E-state index contributed by atoms with van der Waals surface area (Å²) < 4.78 is 45.0. The maximum absolute atomic E-state index is 10.6. The number of hydrogen-bond acceptors (Lipinski definition) is 7. The van der Waals surface area contributed by atoms with Gasteiger partial charge >= 0.3 is 12.1 Å². The second-order valence-corrected chi connectivity index (χ2v) is 7.51. The highest BCUT2D eigenvalue weighted by Crippen LogP contribution is 2.28. The number of fused-ring (bicyclic) bond motifs is 2. The van der Waals surface area contributed by atoms with E-state index in [0.29, 0.717) is 17.4 Å². The van der Waals surface area contributed by atoms with Crippen molar-refractivity contribution in [1.29, 1.82) is 0 Å². The van der Waals surface area contributed by atoms with Crippen molar-refractivity contribution < 1.29 is 32.3 Å². The number of nitrogens with two attached hydrogens (primary N) is 1. The van der Waals surface area contributed by atoms with E-state index in [1.165, 1.54) is 0 Å². The minimum atomic E-state index is -5.08. The molecule has 34 heavy (non-hydrogen) atoms. The third-order valence-electron chi connectivity index (χ3n) is 5.11. The number of benzene rings is 2. The number of carboxylic acids is 1. The SMILES string of the molecule is NC1CCCn2nc(-c3nc(COc4cccc5ccccc45)no3)cc21.O=C(O)C(F)(F)F. The zero-order chi connectivity index (χ0) is 24.3. The first-order valence-electron chi connectivity index (χ1n) is 10.3. The van der Waals surface area contributed by atoms with E-state index < -0.39 is 12.1 Å². The second kappa shape index (κ2) is 9.51. The summed E-state index contributed by atoms with van der Waals surface area (Å²) >= 11 is 0. The van der Waals surface area contributed by atoms with Crippen molar-refractivity contribution in [2.75, 3.05) is 0 Å². The molecule has 0 aliphatic carbocycles. The van der Waals surface area contributed by atoms with Gasteiger partial charge in [0.05, 0.1) is 5.69 Å². The molecule has 0 amide bonds. The molecule has 0 saturated heterocycles. The highest BCUT2D eigenvalue weighted by Gasteiger charge is 2.38. The summed E-state index contributed by atoms with van der Waals surface area (Å²) in [5, 5.41) is 17.9. The number of carboxylic acid groups (broad SMARTS) is 1. The van der Waals surface area contributed by atoms with Crippen LogP contribution in [0.2, 0.25) is 0 Å². The van der Waals surface area contributed by atoms with Gasteiger partial charge in [-0.1, -0.05) is 41.6 Å². The summed E-state index contributed by atoms with van der Waals surface area (Å²) in [6.07, 6.45) is -3.08. The number of hydrogen-bond donors (Lipinski definition) is 2. The lowest BCUT2D eigenvalue weighted by molar-refractivity contribution is -0.192. The van der Waals surface area contributed by atoms with Crippen LogP contribution in [0.1, 0.15) is 30.4 Å². The van der Waals surface area contributed by atoms with Crippen molar-refractivity contribution in [3.05, 3.63) is 60.0 Å². The molecule has 9 nitrogen and oxygen atoms in total. The molecule has 1 aliphatic heterocycles. The molecule has 0 fully saturated rings. The lowest BCUT2D eigenvalue weighted by atomic mass is 10.1. The average molecular weight is 475 g/mol. The van der Waals surface area contributed by atoms with E-state index in [1.54, 1.807) is 0 Å². The molecule has 3 N–H and O–H groups in total. The maximum Gasteiger partial charge on any atom is 0.490 e. The van der Waals surface area contributed by atoms with E-state index in [9.17, 15) is 13.2 Å². The minimum Gasteiger partial charge on any atom is -0.485 e. The predicted octanol–water partition coefficient (Wildman–Crippen LogP) is 4.09. The van der Waals surface area contributed by atoms with Crippen molar-refractivity contribution in [3.63, 3.8) is 0 Å². The minimum absolute atomic E-state index is 0.0112. The van der Waals surface area contributed by atoms with Crippen LogP contribution in [0.3, 0.4) is 0 Å². The molecule has 4 aromatic rings. The monoisotopic (exact) mass is 475 g/mol. The van der Waals surface area contributed by atoms with Crippen LogP contribution in [0.5, 0.6) is 5.75 Å².